The van der Waals surface area contributed by atoms with Crippen LogP contribution in [0.1, 0.15) is 118 Å². The minimum atomic E-state index is -0.181. The second-order valence-corrected chi connectivity index (χ2v) is 15.9. The molecule has 0 bridgehead atoms. The molecule has 4 rings (SSSR count). The molecule has 234 valence electrons. The molecule has 44 heavy (non-hydrogen) atoms. The average molecular weight is 592 g/mol. The van der Waals surface area contributed by atoms with Gasteiger partial charge in [-0.25, -0.2) is 0 Å². The zero-order chi connectivity index (χ0) is 32.8. The van der Waals surface area contributed by atoms with E-state index in [1.165, 1.54) is 11.1 Å². The highest BCUT2D eigenvalue weighted by molar-refractivity contribution is 5.70. The Morgan fingerprint density at radius 2 is 0.909 bits per heavy atom. The molecule has 0 radical (unpaired) electrons. The molecule has 0 saturated carbocycles. The molecule has 0 unspecified atom stereocenters. The van der Waals surface area contributed by atoms with Gasteiger partial charge in [0.15, 0.2) is 0 Å². The summed E-state index contributed by atoms with van der Waals surface area (Å²) in [6.07, 6.45) is 1.16. The van der Waals surface area contributed by atoms with Gasteiger partial charge in [0.2, 0.25) is 0 Å². The van der Waals surface area contributed by atoms with E-state index in [4.69, 9.17) is 0 Å². The Balaban J connectivity index is 1.99. The van der Waals surface area contributed by atoms with Crippen molar-refractivity contribution in [2.45, 2.75) is 112 Å². The van der Waals surface area contributed by atoms with E-state index in [1.807, 2.05) is 0 Å². The number of anilines is 2. The molecular formula is C41H53NO2. The maximum Gasteiger partial charge on any atom is 0.122 e. The van der Waals surface area contributed by atoms with Crippen LogP contribution in [0.15, 0.2) is 60.7 Å². The molecule has 4 aromatic rings. The van der Waals surface area contributed by atoms with E-state index in [-0.39, 0.29) is 16.2 Å². The van der Waals surface area contributed by atoms with Gasteiger partial charge in [-0.15, -0.1) is 0 Å². The van der Waals surface area contributed by atoms with Crippen molar-refractivity contribution >= 4 is 11.4 Å². The first kappa shape index (κ1) is 33.2. The van der Waals surface area contributed by atoms with Crippen LogP contribution in [0.5, 0.6) is 11.5 Å². The number of benzene rings is 4. The van der Waals surface area contributed by atoms with Gasteiger partial charge < -0.3 is 15.5 Å². The van der Waals surface area contributed by atoms with Gasteiger partial charge in [-0.2, -0.15) is 0 Å². The maximum absolute atomic E-state index is 11.6. The first-order valence-corrected chi connectivity index (χ1v) is 15.9. The van der Waals surface area contributed by atoms with Crippen molar-refractivity contribution in [3.63, 3.8) is 0 Å². The first-order chi connectivity index (χ1) is 20.2. The minimum Gasteiger partial charge on any atom is -0.507 e. The molecule has 4 aromatic carbocycles. The van der Waals surface area contributed by atoms with Crippen molar-refractivity contribution < 1.29 is 10.2 Å². The van der Waals surface area contributed by atoms with E-state index in [1.54, 1.807) is 0 Å². The lowest BCUT2D eigenvalue weighted by atomic mass is 9.80. The monoisotopic (exact) mass is 591 g/mol. The SMILES string of the molecule is Cc1ccc(Nc2c(Cc3cc(C)cc(C(C)(C)C)c3O)cc(C(C)(C)C)cc2Cc2cc(C)cc(C(C)(C)C)c2O)cc1. The van der Waals surface area contributed by atoms with Gasteiger partial charge in [0.25, 0.3) is 0 Å². The number of phenols is 2. The molecule has 0 heterocycles. The fourth-order valence-electron chi connectivity index (χ4n) is 5.95. The summed E-state index contributed by atoms with van der Waals surface area (Å²) < 4.78 is 0. The van der Waals surface area contributed by atoms with Crippen molar-refractivity contribution in [2.75, 3.05) is 5.32 Å². The summed E-state index contributed by atoms with van der Waals surface area (Å²) in [4.78, 5) is 0. The lowest BCUT2D eigenvalue weighted by molar-refractivity contribution is 0.440. The van der Waals surface area contributed by atoms with Crippen LogP contribution < -0.4 is 5.32 Å². The van der Waals surface area contributed by atoms with Crippen molar-refractivity contribution in [3.05, 3.63) is 116 Å². The largest absolute Gasteiger partial charge is 0.507 e. The Labute approximate surface area is 266 Å². The summed E-state index contributed by atoms with van der Waals surface area (Å²) in [5.41, 5.74) is 12.3. The third-order valence-electron chi connectivity index (χ3n) is 8.53. The number of aromatic hydroxyl groups is 2. The molecule has 3 heteroatoms. The van der Waals surface area contributed by atoms with Crippen molar-refractivity contribution in [1.29, 1.82) is 0 Å². The average Bonchev–Trinajstić information content (AvgIpc) is 2.88. The first-order valence-electron chi connectivity index (χ1n) is 15.9. The lowest BCUT2D eigenvalue weighted by Gasteiger charge is -2.27. The number of phenolic OH excluding ortho intramolecular Hbond substituents is 2. The van der Waals surface area contributed by atoms with Crippen LogP contribution in [0.4, 0.5) is 11.4 Å². The highest BCUT2D eigenvalue weighted by Gasteiger charge is 2.26. The maximum atomic E-state index is 11.6. The van der Waals surface area contributed by atoms with E-state index in [2.05, 4.69) is 149 Å². The van der Waals surface area contributed by atoms with E-state index >= 15 is 0 Å². The number of rotatable bonds is 6. The molecule has 0 aliphatic carbocycles. The lowest BCUT2D eigenvalue weighted by Crippen LogP contribution is -2.15. The van der Waals surface area contributed by atoms with Crippen molar-refractivity contribution in [3.8, 4) is 11.5 Å². The van der Waals surface area contributed by atoms with Gasteiger partial charge >= 0.3 is 0 Å². The minimum absolute atomic E-state index is 0.0949. The molecule has 0 aromatic heterocycles. The second-order valence-electron chi connectivity index (χ2n) is 15.9. The van der Waals surface area contributed by atoms with Crippen LogP contribution in [0.3, 0.4) is 0 Å². The predicted molar refractivity (Wildman–Crippen MR) is 188 cm³/mol. The summed E-state index contributed by atoms with van der Waals surface area (Å²) in [5, 5.41) is 26.9. The molecule has 0 saturated heterocycles. The van der Waals surface area contributed by atoms with E-state index < -0.39 is 0 Å². The summed E-state index contributed by atoms with van der Waals surface area (Å²) in [6.45, 7) is 25.9. The number of hydrogen-bond donors (Lipinski definition) is 3. The third kappa shape index (κ3) is 7.49. The molecule has 0 amide bonds. The zero-order valence-corrected chi connectivity index (χ0v) is 29.1. The molecule has 0 fully saturated rings. The van der Waals surface area contributed by atoms with Crippen molar-refractivity contribution in [2.24, 2.45) is 0 Å². The van der Waals surface area contributed by atoms with Crippen molar-refractivity contribution in [1.82, 2.24) is 0 Å². The van der Waals surface area contributed by atoms with E-state index in [0.717, 1.165) is 55.9 Å². The molecule has 0 atom stereocenters. The Morgan fingerprint density at radius 3 is 1.27 bits per heavy atom. The Bertz CT molecular complexity index is 1560. The topological polar surface area (TPSA) is 52.5 Å². The van der Waals surface area contributed by atoms with Gasteiger partial charge in [0.05, 0.1) is 0 Å². The summed E-state index contributed by atoms with van der Waals surface area (Å²) in [6, 6.07) is 21.5. The van der Waals surface area contributed by atoms with Crippen LogP contribution in [-0.4, -0.2) is 10.2 Å². The summed E-state index contributed by atoms with van der Waals surface area (Å²) in [7, 11) is 0. The second kappa shape index (κ2) is 12.0. The van der Waals surface area contributed by atoms with Gasteiger partial charge in [-0.1, -0.05) is 128 Å². The van der Waals surface area contributed by atoms with Crippen LogP contribution in [0.25, 0.3) is 0 Å². The van der Waals surface area contributed by atoms with Crippen LogP contribution >= 0.6 is 0 Å². The molecule has 0 aliphatic rings. The number of hydrogen-bond acceptors (Lipinski definition) is 3. The Kier molecular flexibility index (Phi) is 9.04. The van der Waals surface area contributed by atoms with E-state index in [0.29, 0.717) is 24.3 Å². The third-order valence-corrected chi connectivity index (χ3v) is 8.53. The number of nitrogens with one attached hydrogen (secondary N) is 1. The van der Waals surface area contributed by atoms with Crippen LogP contribution in [0.2, 0.25) is 0 Å². The molecule has 0 aliphatic heterocycles. The normalized spacial score (nSPS) is 12.5. The molecule has 3 N–H and O–H groups in total. The standard InChI is InChI=1S/C41H53NO2/c1-25-13-15-33(16-14-25)42-36-28(21-30-17-26(2)19-34(37(30)43)40(7,8)9)23-32(39(4,5)6)24-29(36)22-31-18-27(3)20-35(38(31)44)41(10,11)12/h13-20,23-24,42-44H,21-22H2,1-12H3. The highest BCUT2D eigenvalue weighted by atomic mass is 16.3. The van der Waals surface area contributed by atoms with Gasteiger partial charge in [0, 0.05) is 24.2 Å². The van der Waals surface area contributed by atoms with E-state index in [9.17, 15) is 10.2 Å². The number of aryl methyl sites for hydroxylation is 3. The van der Waals surface area contributed by atoms with Crippen LogP contribution in [-0.2, 0) is 29.1 Å². The van der Waals surface area contributed by atoms with Crippen LogP contribution in [0, 0.1) is 20.8 Å². The fraction of sp³-hybridized carbons (Fsp3) is 0.415. The smallest absolute Gasteiger partial charge is 0.122 e. The molecule has 0 spiro atoms. The predicted octanol–water partition coefficient (Wildman–Crippen LogP) is 10.8. The summed E-state index contributed by atoms with van der Waals surface area (Å²) in [5.74, 6) is 0.747. The summed E-state index contributed by atoms with van der Waals surface area (Å²) >= 11 is 0. The molecule has 3 nitrogen and oxygen atoms in total. The van der Waals surface area contributed by atoms with Gasteiger partial charge in [-0.05, 0) is 88.1 Å². The Hall–Kier alpha value is -3.72. The quantitative estimate of drug-likeness (QED) is 0.209. The highest BCUT2D eigenvalue weighted by Crippen LogP contribution is 2.41. The zero-order valence-electron chi connectivity index (χ0n) is 29.1. The van der Waals surface area contributed by atoms with Gasteiger partial charge in [0.1, 0.15) is 11.5 Å². The van der Waals surface area contributed by atoms with Gasteiger partial charge in [-0.3, -0.25) is 0 Å². The Morgan fingerprint density at radius 1 is 0.500 bits per heavy atom. The molecular weight excluding hydrogens is 538 g/mol. The fourth-order valence-corrected chi connectivity index (χ4v) is 5.95.